The number of aromatic hydroxyl groups is 1. The highest BCUT2D eigenvalue weighted by atomic mass is 16.5. The predicted octanol–water partition coefficient (Wildman–Crippen LogP) is 3.24. The van der Waals surface area contributed by atoms with Gasteiger partial charge in [-0.3, -0.25) is 0 Å². The van der Waals surface area contributed by atoms with Crippen LogP contribution in [0.1, 0.15) is 44.6 Å². The van der Waals surface area contributed by atoms with Gasteiger partial charge in [-0.25, -0.2) is 0 Å². The van der Waals surface area contributed by atoms with Crippen molar-refractivity contribution in [3.8, 4) is 5.75 Å². The predicted molar refractivity (Wildman–Crippen MR) is 72.5 cm³/mol. The summed E-state index contributed by atoms with van der Waals surface area (Å²) in [6, 6.07) is 6.99. The molecule has 0 saturated carbocycles. The zero-order valence-corrected chi connectivity index (χ0v) is 11.1. The first-order chi connectivity index (χ1) is 8.72. The van der Waals surface area contributed by atoms with Crippen molar-refractivity contribution in [3.05, 3.63) is 29.8 Å². The van der Waals surface area contributed by atoms with Crippen molar-refractivity contribution in [2.24, 2.45) is 0 Å². The highest BCUT2D eigenvalue weighted by molar-refractivity contribution is 5.26. The Morgan fingerprint density at radius 1 is 1.22 bits per heavy atom. The van der Waals surface area contributed by atoms with Crippen LogP contribution in [0, 0.1) is 0 Å². The summed E-state index contributed by atoms with van der Waals surface area (Å²) in [5.41, 5.74) is 0.924. The first-order valence-corrected chi connectivity index (χ1v) is 6.76. The number of rotatable bonds is 9. The van der Waals surface area contributed by atoms with Crippen LogP contribution in [-0.2, 0) is 11.3 Å². The number of aliphatic hydroxyl groups is 1. The third-order valence-electron chi connectivity index (χ3n) is 2.88. The Hall–Kier alpha value is -1.06. The number of hydrogen-bond donors (Lipinski definition) is 2. The van der Waals surface area contributed by atoms with Crippen LogP contribution in [0.15, 0.2) is 24.3 Å². The number of unbranched alkanes of at least 4 members (excludes halogenated alkanes) is 3. The fraction of sp³-hybridized carbons (Fsp3) is 0.600. The van der Waals surface area contributed by atoms with Gasteiger partial charge in [0.2, 0.25) is 0 Å². The molecule has 3 heteroatoms. The standard InChI is InChI=1S/C15H24O3/c1-2-3-4-5-8-15(17)12-18-11-13-7-6-9-14(16)10-13/h6-7,9-10,15-17H,2-5,8,11-12H2,1H3/t15-/m1/s1. The van der Waals surface area contributed by atoms with Gasteiger partial charge in [0, 0.05) is 0 Å². The second-order valence-corrected chi connectivity index (χ2v) is 4.69. The number of benzene rings is 1. The summed E-state index contributed by atoms with van der Waals surface area (Å²) >= 11 is 0. The Labute approximate surface area is 109 Å². The van der Waals surface area contributed by atoms with Crippen LogP contribution >= 0.6 is 0 Å². The minimum absolute atomic E-state index is 0.246. The lowest BCUT2D eigenvalue weighted by Gasteiger charge is -2.11. The number of phenols is 1. The van der Waals surface area contributed by atoms with E-state index in [-0.39, 0.29) is 11.9 Å². The minimum Gasteiger partial charge on any atom is -0.508 e. The topological polar surface area (TPSA) is 49.7 Å². The summed E-state index contributed by atoms with van der Waals surface area (Å²) < 4.78 is 5.43. The first kappa shape index (κ1) is 15.0. The van der Waals surface area contributed by atoms with Gasteiger partial charge >= 0.3 is 0 Å². The maximum atomic E-state index is 9.71. The molecule has 18 heavy (non-hydrogen) atoms. The largest absolute Gasteiger partial charge is 0.508 e. The quantitative estimate of drug-likeness (QED) is 0.663. The van der Waals surface area contributed by atoms with Gasteiger partial charge in [-0.2, -0.15) is 0 Å². The Balaban J connectivity index is 2.09. The van der Waals surface area contributed by atoms with Crippen molar-refractivity contribution in [3.63, 3.8) is 0 Å². The second kappa shape index (κ2) is 8.95. The molecule has 0 aliphatic carbocycles. The lowest BCUT2D eigenvalue weighted by Crippen LogP contribution is -2.15. The van der Waals surface area contributed by atoms with Crippen LogP contribution in [0.3, 0.4) is 0 Å². The second-order valence-electron chi connectivity index (χ2n) is 4.69. The van der Waals surface area contributed by atoms with Crippen molar-refractivity contribution in [2.75, 3.05) is 6.61 Å². The van der Waals surface area contributed by atoms with Crippen LogP contribution in [0.4, 0.5) is 0 Å². The molecule has 0 aromatic heterocycles. The van der Waals surface area contributed by atoms with Crippen LogP contribution in [-0.4, -0.2) is 22.9 Å². The number of hydrogen-bond acceptors (Lipinski definition) is 3. The Morgan fingerprint density at radius 3 is 2.78 bits per heavy atom. The first-order valence-electron chi connectivity index (χ1n) is 6.76. The molecule has 0 heterocycles. The zero-order valence-electron chi connectivity index (χ0n) is 11.1. The molecule has 102 valence electrons. The summed E-state index contributed by atoms with van der Waals surface area (Å²) in [6.45, 7) is 2.97. The number of aliphatic hydroxyl groups excluding tert-OH is 1. The molecule has 3 nitrogen and oxygen atoms in total. The van der Waals surface area contributed by atoms with Gasteiger partial charge in [0.1, 0.15) is 5.75 Å². The maximum Gasteiger partial charge on any atom is 0.115 e. The van der Waals surface area contributed by atoms with Crippen molar-refractivity contribution in [1.29, 1.82) is 0 Å². The Bertz CT molecular complexity index is 325. The molecule has 0 spiro atoms. The molecule has 0 unspecified atom stereocenters. The van der Waals surface area contributed by atoms with E-state index in [2.05, 4.69) is 6.92 Å². The molecular formula is C15H24O3. The zero-order chi connectivity index (χ0) is 13.2. The minimum atomic E-state index is -0.376. The molecule has 1 aromatic rings. The van der Waals surface area contributed by atoms with E-state index in [4.69, 9.17) is 4.74 Å². The average Bonchev–Trinajstić information content (AvgIpc) is 2.35. The van der Waals surface area contributed by atoms with E-state index in [1.807, 2.05) is 6.07 Å². The molecule has 2 N–H and O–H groups in total. The molecule has 0 bridgehead atoms. The number of ether oxygens (including phenoxy) is 1. The van der Waals surface area contributed by atoms with Crippen molar-refractivity contribution in [1.82, 2.24) is 0 Å². The van der Waals surface area contributed by atoms with Crippen LogP contribution in [0.2, 0.25) is 0 Å². The molecule has 0 aliphatic heterocycles. The fourth-order valence-corrected chi connectivity index (χ4v) is 1.85. The highest BCUT2D eigenvalue weighted by Crippen LogP contribution is 2.12. The van der Waals surface area contributed by atoms with E-state index >= 15 is 0 Å². The molecule has 0 radical (unpaired) electrons. The van der Waals surface area contributed by atoms with Gasteiger partial charge in [0.15, 0.2) is 0 Å². The van der Waals surface area contributed by atoms with Gasteiger partial charge < -0.3 is 14.9 Å². The van der Waals surface area contributed by atoms with Gasteiger partial charge in [-0.05, 0) is 24.1 Å². The van der Waals surface area contributed by atoms with Crippen LogP contribution in [0.5, 0.6) is 5.75 Å². The smallest absolute Gasteiger partial charge is 0.115 e. The van der Waals surface area contributed by atoms with Crippen molar-refractivity contribution < 1.29 is 14.9 Å². The van der Waals surface area contributed by atoms with E-state index in [9.17, 15) is 10.2 Å². The van der Waals surface area contributed by atoms with Gasteiger partial charge in [0.25, 0.3) is 0 Å². The molecular weight excluding hydrogens is 228 g/mol. The van der Waals surface area contributed by atoms with Gasteiger partial charge in [-0.1, -0.05) is 44.7 Å². The average molecular weight is 252 g/mol. The van der Waals surface area contributed by atoms with E-state index < -0.39 is 0 Å². The molecule has 1 aromatic carbocycles. The highest BCUT2D eigenvalue weighted by Gasteiger charge is 2.04. The van der Waals surface area contributed by atoms with Gasteiger partial charge in [-0.15, -0.1) is 0 Å². The van der Waals surface area contributed by atoms with E-state index in [1.54, 1.807) is 18.2 Å². The Kier molecular flexibility index (Phi) is 7.46. The summed E-state index contributed by atoms with van der Waals surface area (Å²) in [5.74, 6) is 0.246. The van der Waals surface area contributed by atoms with Gasteiger partial charge in [0.05, 0.1) is 19.3 Å². The lowest BCUT2D eigenvalue weighted by atomic mass is 10.1. The lowest BCUT2D eigenvalue weighted by molar-refractivity contribution is 0.0233. The molecule has 0 amide bonds. The Morgan fingerprint density at radius 2 is 2.06 bits per heavy atom. The monoisotopic (exact) mass is 252 g/mol. The van der Waals surface area contributed by atoms with Crippen LogP contribution in [0.25, 0.3) is 0 Å². The van der Waals surface area contributed by atoms with E-state index in [0.717, 1.165) is 18.4 Å². The van der Waals surface area contributed by atoms with E-state index in [1.165, 1.54) is 19.3 Å². The molecule has 1 rings (SSSR count). The summed E-state index contributed by atoms with van der Waals surface area (Å²) in [7, 11) is 0. The summed E-state index contributed by atoms with van der Waals surface area (Å²) in [5, 5.41) is 19.0. The van der Waals surface area contributed by atoms with Crippen molar-refractivity contribution in [2.45, 2.75) is 51.7 Å². The summed E-state index contributed by atoms with van der Waals surface area (Å²) in [6.07, 6.45) is 5.12. The SMILES string of the molecule is CCCCCC[C@@H](O)COCc1cccc(O)c1. The third kappa shape index (κ3) is 6.62. The normalized spacial score (nSPS) is 12.6. The third-order valence-corrected chi connectivity index (χ3v) is 2.88. The van der Waals surface area contributed by atoms with E-state index in [0.29, 0.717) is 13.2 Å². The maximum absolute atomic E-state index is 9.71. The van der Waals surface area contributed by atoms with Crippen LogP contribution < -0.4 is 0 Å². The molecule has 1 atom stereocenters. The summed E-state index contributed by atoms with van der Waals surface area (Å²) in [4.78, 5) is 0. The molecule has 0 aliphatic rings. The number of phenolic OH excluding ortho intramolecular Hbond substituents is 1. The fourth-order valence-electron chi connectivity index (χ4n) is 1.85. The molecule has 0 saturated heterocycles. The van der Waals surface area contributed by atoms with Crippen molar-refractivity contribution >= 4 is 0 Å². The molecule has 0 fully saturated rings.